The molecule has 1 aliphatic rings. The fraction of sp³-hybridized carbons (Fsp3) is 0. The lowest BCUT2D eigenvalue weighted by molar-refractivity contribution is -0.208. The highest BCUT2D eigenvalue weighted by Gasteiger charge is 2.31. The van der Waals surface area contributed by atoms with Crippen LogP contribution in [0.25, 0.3) is 32.7 Å². The molecule has 138 valence electrons. The first-order valence-electron chi connectivity index (χ1n) is 8.78. The highest BCUT2D eigenvalue weighted by molar-refractivity contribution is 7.46. The van der Waals surface area contributed by atoms with E-state index in [2.05, 4.69) is 11.8 Å². The van der Waals surface area contributed by atoms with Crippen LogP contribution in [0.5, 0.6) is 11.5 Å². The van der Waals surface area contributed by atoms with Gasteiger partial charge in [0.1, 0.15) is 0 Å². The molecular weight excluding hydrogens is 383 g/mol. The summed E-state index contributed by atoms with van der Waals surface area (Å²) in [5.41, 5.74) is 1.74. The first kappa shape index (κ1) is 17.4. The van der Waals surface area contributed by atoms with Gasteiger partial charge in [-0.05, 0) is 33.7 Å². The van der Waals surface area contributed by atoms with Crippen LogP contribution in [0.1, 0.15) is 11.1 Å². The van der Waals surface area contributed by atoms with Gasteiger partial charge < -0.3 is 13.9 Å². The fourth-order valence-electron chi connectivity index (χ4n) is 3.80. The average Bonchev–Trinajstić information content (AvgIpc) is 2.85. The number of fused-ring (bicyclic) bond motifs is 7. The van der Waals surface area contributed by atoms with Crippen molar-refractivity contribution in [3.63, 3.8) is 0 Å². The van der Waals surface area contributed by atoms with Gasteiger partial charge in [-0.2, -0.15) is 0 Å². The Balaban J connectivity index is 2.11. The molecule has 29 heavy (non-hydrogen) atoms. The Bertz CT molecular complexity index is 1360. The summed E-state index contributed by atoms with van der Waals surface area (Å²) in [6, 6.07) is 18.6. The van der Waals surface area contributed by atoms with E-state index < -0.39 is 7.82 Å². The molecule has 1 heterocycles. The van der Waals surface area contributed by atoms with Crippen LogP contribution in [0.2, 0.25) is 0 Å². The largest absolute Gasteiger partial charge is 0.736 e. The van der Waals surface area contributed by atoms with Crippen LogP contribution in [0.15, 0.2) is 60.7 Å². The summed E-state index contributed by atoms with van der Waals surface area (Å²) < 4.78 is 23.4. The summed E-state index contributed by atoms with van der Waals surface area (Å²) in [5, 5.41) is 3.28. The molecule has 0 saturated heterocycles. The molecule has 0 spiro atoms. The van der Waals surface area contributed by atoms with Gasteiger partial charge in [0.25, 0.3) is 0 Å². The summed E-state index contributed by atoms with van der Waals surface area (Å²) in [7, 11) is -4.77. The molecule has 0 bridgehead atoms. The third-order valence-electron chi connectivity index (χ3n) is 4.97. The molecular formula is C24H12O4P-. The van der Waals surface area contributed by atoms with Crippen LogP contribution in [-0.4, -0.2) is 0 Å². The van der Waals surface area contributed by atoms with E-state index in [1.165, 1.54) is 0 Å². The SMILES string of the molecule is C#Cc1cc2ccccc2c2c1OP(=O)([O-])Oc1c(C#C)cc3ccccc3c1-2. The van der Waals surface area contributed by atoms with Gasteiger partial charge in [0.15, 0.2) is 11.5 Å². The Morgan fingerprint density at radius 1 is 0.759 bits per heavy atom. The molecule has 0 unspecified atom stereocenters. The molecule has 0 saturated carbocycles. The lowest BCUT2D eigenvalue weighted by Crippen LogP contribution is -2.13. The molecule has 4 nitrogen and oxygen atoms in total. The minimum Gasteiger partial charge on any atom is -0.736 e. The first-order chi connectivity index (χ1) is 14.0. The molecule has 0 aromatic heterocycles. The van der Waals surface area contributed by atoms with Crippen molar-refractivity contribution in [1.82, 2.24) is 0 Å². The van der Waals surface area contributed by atoms with Gasteiger partial charge in [-0.25, -0.2) is 4.57 Å². The van der Waals surface area contributed by atoms with Gasteiger partial charge in [-0.1, -0.05) is 60.4 Å². The summed E-state index contributed by atoms with van der Waals surface area (Å²) in [5.74, 6) is 5.22. The van der Waals surface area contributed by atoms with Gasteiger partial charge in [0.2, 0.25) is 0 Å². The fourth-order valence-corrected chi connectivity index (χ4v) is 4.66. The monoisotopic (exact) mass is 395 g/mol. The minimum atomic E-state index is -4.77. The van der Waals surface area contributed by atoms with Gasteiger partial charge in [0, 0.05) is 11.1 Å². The van der Waals surface area contributed by atoms with Crippen molar-refractivity contribution >= 4 is 29.4 Å². The van der Waals surface area contributed by atoms with Gasteiger partial charge >= 0.3 is 7.82 Å². The Kier molecular flexibility index (Phi) is 3.70. The predicted octanol–water partition coefficient (Wildman–Crippen LogP) is 4.86. The van der Waals surface area contributed by atoms with Crippen LogP contribution in [0, 0.1) is 24.7 Å². The Labute approximate surface area is 167 Å². The van der Waals surface area contributed by atoms with Crippen LogP contribution in [0.4, 0.5) is 0 Å². The van der Waals surface area contributed by atoms with Gasteiger partial charge in [-0.3, -0.25) is 0 Å². The Morgan fingerprint density at radius 2 is 1.17 bits per heavy atom. The van der Waals surface area contributed by atoms with E-state index in [1.54, 1.807) is 12.1 Å². The lowest BCUT2D eigenvalue weighted by atomic mass is 9.89. The summed E-state index contributed by atoms with van der Waals surface area (Å²) in [6.07, 6.45) is 11.4. The normalized spacial score (nSPS) is 13.9. The third-order valence-corrected chi connectivity index (χ3v) is 5.78. The van der Waals surface area contributed by atoms with E-state index in [1.807, 2.05) is 48.5 Å². The zero-order valence-electron chi connectivity index (χ0n) is 15.0. The van der Waals surface area contributed by atoms with E-state index in [4.69, 9.17) is 21.9 Å². The maximum absolute atomic E-state index is 12.7. The zero-order chi connectivity index (χ0) is 20.2. The minimum absolute atomic E-state index is 0.0719. The maximum Gasteiger partial charge on any atom is 0.372 e. The van der Waals surface area contributed by atoms with Crippen molar-refractivity contribution in [2.75, 3.05) is 0 Å². The molecule has 0 radical (unpaired) electrons. The number of hydrogen-bond donors (Lipinski definition) is 0. The summed E-state index contributed by atoms with van der Waals surface area (Å²) in [6.45, 7) is 0. The lowest BCUT2D eigenvalue weighted by Gasteiger charge is -2.23. The van der Waals surface area contributed by atoms with Crippen LogP contribution < -0.4 is 13.9 Å². The first-order valence-corrected chi connectivity index (χ1v) is 10.2. The zero-order valence-corrected chi connectivity index (χ0v) is 15.9. The summed E-state index contributed by atoms with van der Waals surface area (Å²) in [4.78, 5) is 12.7. The second kappa shape index (κ2) is 6.16. The maximum atomic E-state index is 12.7. The standard InChI is InChI=1S/C24H13O4P/c1-3-15-13-17-9-5-7-11-19(17)21-22-20-12-8-6-10-18(20)14-16(4-2)24(22)28-29(25,26)27-23(15)21/h1-2,5-14H,(H,25,26)/p-1. The van der Waals surface area contributed by atoms with Crippen molar-refractivity contribution in [2.24, 2.45) is 0 Å². The Hall–Kier alpha value is -3.69. The topological polar surface area (TPSA) is 58.6 Å². The number of terminal acetylenes is 2. The van der Waals surface area contributed by atoms with E-state index in [0.29, 0.717) is 22.3 Å². The molecule has 4 aromatic rings. The molecule has 0 N–H and O–H groups in total. The average molecular weight is 395 g/mol. The molecule has 5 rings (SSSR count). The summed E-state index contributed by atoms with van der Waals surface area (Å²) >= 11 is 0. The van der Waals surface area contributed by atoms with Crippen LogP contribution in [-0.2, 0) is 4.57 Å². The van der Waals surface area contributed by atoms with Crippen molar-refractivity contribution in [2.45, 2.75) is 0 Å². The van der Waals surface area contributed by atoms with Crippen LogP contribution >= 0.6 is 7.82 Å². The second-order valence-corrected chi connectivity index (χ2v) is 7.88. The number of benzene rings is 4. The molecule has 5 heteroatoms. The number of phosphoric ester groups is 1. The van der Waals surface area contributed by atoms with Crippen molar-refractivity contribution in [3.8, 4) is 47.3 Å². The van der Waals surface area contributed by atoms with Crippen molar-refractivity contribution < 1.29 is 18.5 Å². The van der Waals surface area contributed by atoms with Crippen LogP contribution in [0.3, 0.4) is 0 Å². The van der Waals surface area contributed by atoms with Crippen molar-refractivity contribution in [1.29, 1.82) is 0 Å². The van der Waals surface area contributed by atoms with Crippen molar-refractivity contribution in [3.05, 3.63) is 71.8 Å². The van der Waals surface area contributed by atoms with Gasteiger partial charge in [-0.15, -0.1) is 12.8 Å². The number of rotatable bonds is 0. The molecule has 1 aliphatic heterocycles. The van der Waals surface area contributed by atoms with E-state index >= 15 is 0 Å². The molecule has 0 fully saturated rings. The van der Waals surface area contributed by atoms with E-state index in [-0.39, 0.29) is 11.5 Å². The molecule has 0 atom stereocenters. The highest BCUT2D eigenvalue weighted by Crippen LogP contribution is 2.57. The Morgan fingerprint density at radius 3 is 1.59 bits per heavy atom. The molecule has 0 aliphatic carbocycles. The van der Waals surface area contributed by atoms with Gasteiger partial charge in [0.05, 0.1) is 11.1 Å². The number of phosphoric acid groups is 1. The quantitative estimate of drug-likeness (QED) is 0.315. The van der Waals surface area contributed by atoms with E-state index in [9.17, 15) is 9.46 Å². The highest BCUT2D eigenvalue weighted by atomic mass is 31.2. The molecule has 0 amide bonds. The number of hydrogen-bond acceptors (Lipinski definition) is 4. The van der Waals surface area contributed by atoms with E-state index in [0.717, 1.165) is 21.5 Å². The molecule has 4 aromatic carbocycles. The second-order valence-electron chi connectivity index (χ2n) is 6.62. The third kappa shape index (κ3) is 2.59. The predicted molar refractivity (Wildman–Crippen MR) is 112 cm³/mol. The smallest absolute Gasteiger partial charge is 0.372 e.